The lowest BCUT2D eigenvalue weighted by Gasteiger charge is -2.26. The largest absolute Gasteiger partial charge is 0.495 e. The van der Waals surface area contributed by atoms with Crippen molar-refractivity contribution in [1.29, 1.82) is 0 Å². The zero-order valence-electron chi connectivity index (χ0n) is 16.3. The first kappa shape index (κ1) is 19.4. The third-order valence-corrected chi connectivity index (χ3v) is 5.83. The fraction of sp³-hybridized carbons (Fsp3) is 0.333. The van der Waals surface area contributed by atoms with Crippen LogP contribution in [0.15, 0.2) is 53.9 Å². The van der Waals surface area contributed by atoms with Crippen molar-refractivity contribution in [3.05, 3.63) is 48.8 Å². The van der Waals surface area contributed by atoms with Crippen LogP contribution in [0.3, 0.4) is 0 Å². The van der Waals surface area contributed by atoms with Crippen molar-refractivity contribution in [2.75, 3.05) is 26.0 Å². The van der Waals surface area contributed by atoms with Crippen LogP contribution in [0, 0.1) is 0 Å². The topological polar surface area (TPSA) is 73.1 Å². The molecule has 3 aromatic rings. The lowest BCUT2D eigenvalue weighted by atomic mass is 10.1. The Hall–Kier alpha value is -2.87. The number of hydrogen-bond donors (Lipinski definition) is 0. The maximum Gasteiger partial charge on any atom is 0.233 e. The zero-order chi connectivity index (χ0) is 20.1. The number of para-hydroxylation sites is 2. The predicted octanol–water partition coefficient (Wildman–Crippen LogP) is 3.44. The Kier molecular flexibility index (Phi) is 6.09. The van der Waals surface area contributed by atoms with Crippen LogP contribution >= 0.6 is 11.8 Å². The number of carbonyl (C=O) groups excluding carboxylic acids is 1. The minimum atomic E-state index is 0.146. The van der Waals surface area contributed by atoms with Crippen molar-refractivity contribution >= 4 is 17.7 Å². The first-order valence-corrected chi connectivity index (χ1v) is 10.7. The highest BCUT2D eigenvalue weighted by atomic mass is 32.2. The van der Waals surface area contributed by atoms with Gasteiger partial charge >= 0.3 is 0 Å². The molecule has 1 aliphatic rings. The first-order valence-electron chi connectivity index (χ1n) is 9.67. The predicted molar refractivity (Wildman–Crippen MR) is 112 cm³/mol. The molecule has 0 N–H and O–H groups in total. The summed E-state index contributed by atoms with van der Waals surface area (Å²) in [6.45, 7) is 1.69. The summed E-state index contributed by atoms with van der Waals surface area (Å²) in [5, 5.41) is 9.44. The molecule has 29 heavy (non-hydrogen) atoms. The molecule has 0 unspecified atom stereocenters. The molecular weight excluding hydrogens is 386 g/mol. The molecule has 8 heteroatoms. The summed E-state index contributed by atoms with van der Waals surface area (Å²) in [5.41, 5.74) is 1.67. The maximum atomic E-state index is 12.6. The van der Waals surface area contributed by atoms with Crippen LogP contribution in [-0.2, 0) is 4.79 Å². The molecule has 3 heterocycles. The highest BCUT2D eigenvalue weighted by molar-refractivity contribution is 7.99. The van der Waals surface area contributed by atoms with Crippen LogP contribution in [0.1, 0.15) is 19.3 Å². The second-order valence-corrected chi connectivity index (χ2v) is 7.73. The number of rotatable bonds is 6. The summed E-state index contributed by atoms with van der Waals surface area (Å²) < 4.78 is 7.49. The van der Waals surface area contributed by atoms with Crippen molar-refractivity contribution in [2.24, 2.45) is 0 Å². The van der Waals surface area contributed by atoms with Crippen molar-refractivity contribution in [3.63, 3.8) is 0 Å². The number of thioether (sulfide) groups is 1. The highest BCUT2D eigenvalue weighted by Crippen LogP contribution is 2.32. The van der Waals surface area contributed by atoms with E-state index in [-0.39, 0.29) is 5.91 Å². The molecule has 1 aliphatic heterocycles. The fourth-order valence-electron chi connectivity index (χ4n) is 3.44. The van der Waals surface area contributed by atoms with E-state index in [2.05, 4.69) is 15.2 Å². The molecule has 1 saturated heterocycles. The van der Waals surface area contributed by atoms with Gasteiger partial charge in [0, 0.05) is 31.0 Å². The average Bonchev–Trinajstić information content (AvgIpc) is 3.22. The summed E-state index contributed by atoms with van der Waals surface area (Å²) in [6, 6.07) is 11.5. The molecule has 0 radical (unpaired) electrons. The fourth-order valence-corrected chi connectivity index (χ4v) is 4.29. The maximum absolute atomic E-state index is 12.6. The molecule has 1 fully saturated rings. The van der Waals surface area contributed by atoms with Crippen LogP contribution in [0.2, 0.25) is 0 Å². The molecule has 0 bridgehead atoms. The lowest BCUT2D eigenvalue weighted by Crippen LogP contribution is -2.36. The molecule has 150 valence electrons. The summed E-state index contributed by atoms with van der Waals surface area (Å²) in [6.07, 6.45) is 6.84. The molecule has 4 rings (SSSR count). The Balaban J connectivity index is 1.67. The highest BCUT2D eigenvalue weighted by Gasteiger charge is 2.22. The lowest BCUT2D eigenvalue weighted by molar-refractivity contribution is -0.129. The van der Waals surface area contributed by atoms with Crippen molar-refractivity contribution in [3.8, 4) is 22.8 Å². The number of likely N-dealkylation sites (tertiary alicyclic amines) is 1. The van der Waals surface area contributed by atoms with Crippen molar-refractivity contribution < 1.29 is 9.53 Å². The number of ether oxygens (including phenoxy) is 1. The van der Waals surface area contributed by atoms with E-state index >= 15 is 0 Å². The normalized spacial score (nSPS) is 14.0. The van der Waals surface area contributed by atoms with Crippen molar-refractivity contribution in [2.45, 2.75) is 24.4 Å². The SMILES string of the molecule is COc1ccccc1-n1c(SCC(=O)N2CCCCC2)nnc1-c1cccnc1. The molecule has 0 spiro atoms. The van der Waals surface area contributed by atoms with Crippen LogP contribution < -0.4 is 4.74 Å². The smallest absolute Gasteiger partial charge is 0.233 e. The van der Waals surface area contributed by atoms with E-state index in [1.807, 2.05) is 45.9 Å². The van der Waals surface area contributed by atoms with Gasteiger partial charge in [0.15, 0.2) is 11.0 Å². The number of carbonyl (C=O) groups is 1. The summed E-state index contributed by atoms with van der Waals surface area (Å²) in [5.74, 6) is 1.85. The number of aromatic nitrogens is 4. The minimum absolute atomic E-state index is 0.146. The van der Waals surface area contributed by atoms with Crippen LogP contribution in [0.5, 0.6) is 5.75 Å². The minimum Gasteiger partial charge on any atom is -0.495 e. The summed E-state index contributed by atoms with van der Waals surface area (Å²) >= 11 is 1.40. The van der Waals surface area contributed by atoms with E-state index in [4.69, 9.17) is 4.74 Å². The Labute approximate surface area is 174 Å². The molecule has 1 amide bonds. The molecule has 1 aromatic carbocycles. The van der Waals surface area contributed by atoms with Gasteiger partial charge in [-0.15, -0.1) is 10.2 Å². The molecule has 0 atom stereocenters. The molecule has 7 nitrogen and oxygen atoms in total. The van der Waals surface area contributed by atoms with E-state index in [0.717, 1.165) is 37.2 Å². The third-order valence-electron chi connectivity index (χ3n) is 4.91. The van der Waals surface area contributed by atoms with Gasteiger partial charge in [-0.25, -0.2) is 0 Å². The molecular formula is C21H23N5O2S. The number of piperidine rings is 1. The number of benzene rings is 1. The van der Waals surface area contributed by atoms with E-state index in [1.165, 1.54) is 18.2 Å². The van der Waals surface area contributed by atoms with E-state index in [9.17, 15) is 4.79 Å². The zero-order valence-corrected chi connectivity index (χ0v) is 17.1. The van der Waals surface area contributed by atoms with E-state index < -0.39 is 0 Å². The van der Waals surface area contributed by atoms with Gasteiger partial charge in [0.2, 0.25) is 5.91 Å². The van der Waals surface area contributed by atoms with Crippen LogP contribution in [0.25, 0.3) is 17.1 Å². The van der Waals surface area contributed by atoms with Gasteiger partial charge < -0.3 is 9.64 Å². The van der Waals surface area contributed by atoms with Gasteiger partial charge in [0.1, 0.15) is 5.75 Å². The molecule has 0 saturated carbocycles. The van der Waals surface area contributed by atoms with Gasteiger partial charge in [-0.2, -0.15) is 0 Å². The van der Waals surface area contributed by atoms with Crippen molar-refractivity contribution in [1.82, 2.24) is 24.6 Å². The van der Waals surface area contributed by atoms with Crippen LogP contribution in [-0.4, -0.2) is 56.5 Å². The van der Waals surface area contributed by atoms with Gasteiger partial charge in [0.25, 0.3) is 0 Å². The summed E-state index contributed by atoms with van der Waals surface area (Å²) in [7, 11) is 1.64. The second-order valence-electron chi connectivity index (χ2n) is 6.79. The quantitative estimate of drug-likeness (QED) is 0.581. The standard InChI is InChI=1S/C21H23N5O2S/c1-28-18-10-4-3-9-17(18)26-20(16-8-7-11-22-14-16)23-24-21(26)29-15-19(27)25-12-5-2-6-13-25/h3-4,7-11,14H,2,5-6,12-13,15H2,1H3. The first-order chi connectivity index (χ1) is 14.3. The number of hydrogen-bond acceptors (Lipinski definition) is 6. The number of methoxy groups -OCH3 is 1. The second kappa shape index (κ2) is 9.09. The van der Waals surface area contributed by atoms with Crippen LogP contribution in [0.4, 0.5) is 0 Å². The Bertz CT molecular complexity index is 970. The molecule has 0 aliphatic carbocycles. The number of pyridine rings is 1. The number of nitrogens with zero attached hydrogens (tertiary/aromatic N) is 5. The molecule has 2 aromatic heterocycles. The van der Waals surface area contributed by atoms with E-state index in [1.54, 1.807) is 19.5 Å². The monoisotopic (exact) mass is 409 g/mol. The number of amides is 1. The van der Waals surface area contributed by atoms with Gasteiger partial charge in [-0.3, -0.25) is 14.3 Å². The van der Waals surface area contributed by atoms with Gasteiger partial charge in [0.05, 0.1) is 18.6 Å². The average molecular weight is 410 g/mol. The Morgan fingerprint density at radius 1 is 1.10 bits per heavy atom. The Morgan fingerprint density at radius 3 is 2.69 bits per heavy atom. The van der Waals surface area contributed by atoms with Gasteiger partial charge in [-0.05, 0) is 43.5 Å². The van der Waals surface area contributed by atoms with E-state index in [0.29, 0.717) is 22.5 Å². The third kappa shape index (κ3) is 4.27. The summed E-state index contributed by atoms with van der Waals surface area (Å²) in [4.78, 5) is 18.8. The Morgan fingerprint density at radius 2 is 1.93 bits per heavy atom. The van der Waals surface area contributed by atoms with Gasteiger partial charge in [-0.1, -0.05) is 23.9 Å².